The molecule has 118 valence electrons. The Labute approximate surface area is 135 Å². The van der Waals surface area contributed by atoms with Crippen LogP contribution in [0.2, 0.25) is 0 Å². The lowest BCUT2D eigenvalue weighted by molar-refractivity contribution is -0.150. The molecule has 0 aliphatic heterocycles. The number of carbonyl (C=O) groups is 2. The Balaban J connectivity index is 2.16. The van der Waals surface area contributed by atoms with Gasteiger partial charge in [-0.2, -0.15) is 0 Å². The van der Waals surface area contributed by atoms with Gasteiger partial charge in [-0.25, -0.2) is 4.79 Å². The van der Waals surface area contributed by atoms with E-state index in [4.69, 9.17) is 9.47 Å². The van der Waals surface area contributed by atoms with E-state index in [-0.39, 0.29) is 6.61 Å². The summed E-state index contributed by atoms with van der Waals surface area (Å²) in [6.45, 7) is 3.65. The number of aldehydes is 1. The van der Waals surface area contributed by atoms with Crippen LogP contribution in [0.3, 0.4) is 0 Å². The van der Waals surface area contributed by atoms with Crippen molar-refractivity contribution in [1.29, 1.82) is 0 Å². The summed E-state index contributed by atoms with van der Waals surface area (Å²) in [6, 6.07) is 16.2. The second-order valence-corrected chi connectivity index (χ2v) is 4.91. The van der Waals surface area contributed by atoms with Gasteiger partial charge >= 0.3 is 5.97 Å². The normalized spacial score (nSPS) is 11.3. The molecule has 2 rings (SSSR count). The summed E-state index contributed by atoms with van der Waals surface area (Å²) >= 11 is 0. The molecular weight excluding hydrogens is 292 g/mol. The van der Waals surface area contributed by atoms with Gasteiger partial charge in [0.25, 0.3) is 0 Å². The number of hydrogen-bond acceptors (Lipinski definition) is 4. The molecule has 4 nitrogen and oxygen atoms in total. The van der Waals surface area contributed by atoms with Crippen LogP contribution in [-0.2, 0) is 16.0 Å². The first-order valence-corrected chi connectivity index (χ1v) is 7.26. The highest BCUT2D eigenvalue weighted by Crippen LogP contribution is 2.17. The van der Waals surface area contributed by atoms with Crippen molar-refractivity contribution in [3.8, 4) is 5.75 Å². The summed E-state index contributed by atoms with van der Waals surface area (Å²) in [6.07, 6.45) is 1.82. The lowest BCUT2D eigenvalue weighted by Gasteiger charge is -2.18. The van der Waals surface area contributed by atoms with Crippen LogP contribution in [0.15, 0.2) is 67.3 Å². The third kappa shape index (κ3) is 5.11. The molecule has 0 fully saturated rings. The summed E-state index contributed by atoms with van der Waals surface area (Å²) < 4.78 is 10.9. The fourth-order valence-electron chi connectivity index (χ4n) is 2.06. The predicted octanol–water partition coefficient (Wildman–Crippen LogP) is 3.22. The van der Waals surface area contributed by atoms with Crippen molar-refractivity contribution < 1.29 is 19.1 Å². The molecule has 0 bridgehead atoms. The van der Waals surface area contributed by atoms with Gasteiger partial charge in [-0.15, -0.1) is 0 Å². The molecule has 23 heavy (non-hydrogen) atoms. The fourth-order valence-corrected chi connectivity index (χ4v) is 2.06. The van der Waals surface area contributed by atoms with Gasteiger partial charge in [-0.05, 0) is 17.7 Å². The van der Waals surface area contributed by atoms with Crippen LogP contribution >= 0.6 is 0 Å². The first-order chi connectivity index (χ1) is 11.2. The van der Waals surface area contributed by atoms with Crippen LogP contribution in [0.25, 0.3) is 0 Å². The zero-order valence-electron chi connectivity index (χ0n) is 12.7. The molecule has 4 heteroatoms. The third-order valence-electron chi connectivity index (χ3n) is 3.14. The molecule has 0 aliphatic carbocycles. The van der Waals surface area contributed by atoms with Crippen molar-refractivity contribution in [2.45, 2.75) is 12.5 Å². The van der Waals surface area contributed by atoms with Crippen LogP contribution in [0.1, 0.15) is 15.9 Å². The van der Waals surface area contributed by atoms with Crippen molar-refractivity contribution >= 4 is 12.3 Å². The Morgan fingerprint density at radius 2 is 1.91 bits per heavy atom. The fraction of sp³-hybridized carbons (Fsp3) is 0.158. The number of ether oxygens (including phenoxy) is 2. The zero-order valence-corrected chi connectivity index (χ0v) is 12.7. The molecule has 2 aromatic carbocycles. The minimum absolute atomic E-state index is 0.127. The van der Waals surface area contributed by atoms with Crippen molar-refractivity contribution in [2.24, 2.45) is 0 Å². The minimum Gasteiger partial charge on any atom is -0.478 e. The van der Waals surface area contributed by atoms with Gasteiger partial charge in [0.05, 0.1) is 0 Å². The largest absolute Gasteiger partial charge is 0.478 e. The van der Waals surface area contributed by atoms with Crippen LogP contribution in [0.5, 0.6) is 5.75 Å². The zero-order chi connectivity index (χ0) is 16.5. The second kappa shape index (κ2) is 8.54. The molecule has 0 aliphatic rings. The van der Waals surface area contributed by atoms with Gasteiger partial charge in [0.1, 0.15) is 18.6 Å². The topological polar surface area (TPSA) is 52.6 Å². The SMILES string of the molecule is C=CCOC(=O)[C@@H](Cc1ccccc1)Oc1cccc(C=O)c1. The molecule has 0 unspecified atom stereocenters. The number of esters is 1. The average molecular weight is 310 g/mol. The maximum absolute atomic E-state index is 12.2. The first-order valence-electron chi connectivity index (χ1n) is 7.26. The minimum atomic E-state index is -0.792. The molecule has 0 heterocycles. The average Bonchev–Trinajstić information content (AvgIpc) is 2.60. The Bertz CT molecular complexity index is 664. The second-order valence-electron chi connectivity index (χ2n) is 4.91. The van der Waals surface area contributed by atoms with E-state index in [0.717, 1.165) is 11.8 Å². The third-order valence-corrected chi connectivity index (χ3v) is 3.14. The van der Waals surface area contributed by atoms with Crippen LogP contribution in [0.4, 0.5) is 0 Å². The number of benzene rings is 2. The van der Waals surface area contributed by atoms with Crippen LogP contribution in [0, 0.1) is 0 Å². The quantitative estimate of drug-likeness (QED) is 0.427. The standard InChI is InChI=1S/C19H18O4/c1-2-11-22-19(21)18(13-15-7-4-3-5-8-15)23-17-10-6-9-16(12-17)14-20/h2-10,12,14,18H,1,11,13H2/t18-/m1/s1. The van der Waals surface area contributed by atoms with E-state index in [1.54, 1.807) is 24.3 Å². The van der Waals surface area contributed by atoms with E-state index in [2.05, 4.69) is 6.58 Å². The molecule has 1 atom stereocenters. The maximum Gasteiger partial charge on any atom is 0.347 e. The summed E-state index contributed by atoms with van der Waals surface area (Å²) in [4.78, 5) is 23.1. The molecule has 0 spiro atoms. The lowest BCUT2D eigenvalue weighted by Crippen LogP contribution is -2.31. The van der Waals surface area contributed by atoms with E-state index >= 15 is 0 Å². The van der Waals surface area contributed by atoms with E-state index in [1.807, 2.05) is 30.3 Å². The Morgan fingerprint density at radius 3 is 2.61 bits per heavy atom. The molecule has 0 N–H and O–H groups in total. The van der Waals surface area contributed by atoms with E-state index in [0.29, 0.717) is 17.7 Å². The molecule has 0 saturated heterocycles. The highest BCUT2D eigenvalue weighted by molar-refractivity contribution is 5.77. The van der Waals surface area contributed by atoms with Gasteiger partial charge in [-0.3, -0.25) is 4.79 Å². The van der Waals surface area contributed by atoms with Crippen molar-refractivity contribution in [2.75, 3.05) is 6.61 Å². The van der Waals surface area contributed by atoms with E-state index in [9.17, 15) is 9.59 Å². The summed E-state index contributed by atoms with van der Waals surface area (Å²) in [7, 11) is 0. The Morgan fingerprint density at radius 1 is 1.13 bits per heavy atom. The first kappa shape index (κ1) is 16.5. The molecule has 2 aromatic rings. The molecule has 0 radical (unpaired) electrons. The van der Waals surface area contributed by atoms with Crippen molar-refractivity contribution in [3.05, 3.63) is 78.4 Å². The van der Waals surface area contributed by atoms with Gasteiger partial charge < -0.3 is 9.47 Å². The summed E-state index contributed by atoms with van der Waals surface area (Å²) in [5.74, 6) is -0.0173. The van der Waals surface area contributed by atoms with Gasteiger partial charge in [0, 0.05) is 12.0 Å². The Hall–Kier alpha value is -2.88. The van der Waals surface area contributed by atoms with Crippen molar-refractivity contribution in [3.63, 3.8) is 0 Å². The monoisotopic (exact) mass is 310 g/mol. The maximum atomic E-state index is 12.2. The molecule has 0 saturated carbocycles. The smallest absolute Gasteiger partial charge is 0.347 e. The molecule has 0 aromatic heterocycles. The predicted molar refractivity (Wildman–Crippen MR) is 87.5 cm³/mol. The number of carbonyl (C=O) groups excluding carboxylic acids is 2. The highest BCUT2D eigenvalue weighted by Gasteiger charge is 2.22. The van der Waals surface area contributed by atoms with Gasteiger partial charge in [0.2, 0.25) is 0 Å². The molecule has 0 amide bonds. The van der Waals surface area contributed by atoms with E-state index < -0.39 is 12.1 Å². The summed E-state index contributed by atoms with van der Waals surface area (Å²) in [5.41, 5.74) is 1.44. The van der Waals surface area contributed by atoms with Gasteiger partial charge in [-0.1, -0.05) is 55.1 Å². The van der Waals surface area contributed by atoms with Crippen LogP contribution < -0.4 is 4.74 Å². The number of hydrogen-bond donors (Lipinski definition) is 0. The Kier molecular flexibility index (Phi) is 6.12. The molecular formula is C19H18O4. The number of rotatable bonds is 8. The lowest BCUT2D eigenvalue weighted by atomic mass is 10.1. The van der Waals surface area contributed by atoms with Crippen LogP contribution in [-0.4, -0.2) is 25.0 Å². The van der Waals surface area contributed by atoms with Crippen molar-refractivity contribution in [1.82, 2.24) is 0 Å². The van der Waals surface area contributed by atoms with Gasteiger partial charge in [0.15, 0.2) is 6.10 Å². The summed E-state index contributed by atoms with van der Waals surface area (Å²) in [5, 5.41) is 0. The highest BCUT2D eigenvalue weighted by atomic mass is 16.6. The van der Waals surface area contributed by atoms with E-state index in [1.165, 1.54) is 6.08 Å².